The Bertz CT molecular complexity index is 507. The van der Waals surface area contributed by atoms with Crippen molar-refractivity contribution in [2.75, 3.05) is 5.32 Å². The molecule has 1 aromatic heterocycles. The van der Waals surface area contributed by atoms with Crippen LogP contribution >= 0.6 is 11.3 Å². The second-order valence-corrected chi connectivity index (χ2v) is 5.14. The monoisotopic (exact) mass is 266 g/mol. The molecule has 2 amide bonds. The number of anilines is 1. The van der Waals surface area contributed by atoms with Gasteiger partial charge in [0.1, 0.15) is 5.71 Å². The number of hydrazone groups is 1. The SMILES string of the molecule is CC(C)c1csc(NC(=O)C2=NNC(=O)CC2)n1. The predicted molar refractivity (Wildman–Crippen MR) is 69.6 cm³/mol. The Morgan fingerprint density at radius 2 is 2.28 bits per heavy atom. The third kappa shape index (κ3) is 2.92. The molecule has 2 heterocycles. The van der Waals surface area contributed by atoms with Crippen molar-refractivity contribution in [1.29, 1.82) is 0 Å². The molecular formula is C11H14N4O2S. The van der Waals surface area contributed by atoms with Crippen molar-refractivity contribution in [1.82, 2.24) is 10.4 Å². The third-order valence-corrected chi connectivity index (χ3v) is 3.28. The Morgan fingerprint density at radius 3 is 2.83 bits per heavy atom. The van der Waals surface area contributed by atoms with Crippen molar-refractivity contribution in [3.05, 3.63) is 11.1 Å². The van der Waals surface area contributed by atoms with Crippen LogP contribution in [0.2, 0.25) is 0 Å². The normalized spacial score (nSPS) is 15.3. The molecule has 0 saturated heterocycles. The highest BCUT2D eigenvalue weighted by Crippen LogP contribution is 2.21. The van der Waals surface area contributed by atoms with Gasteiger partial charge in [-0.2, -0.15) is 5.10 Å². The van der Waals surface area contributed by atoms with Gasteiger partial charge in [0, 0.05) is 18.2 Å². The molecule has 96 valence electrons. The lowest BCUT2D eigenvalue weighted by molar-refractivity contribution is -0.121. The van der Waals surface area contributed by atoms with Crippen LogP contribution in [0.5, 0.6) is 0 Å². The number of rotatable bonds is 3. The van der Waals surface area contributed by atoms with Crippen LogP contribution in [0.1, 0.15) is 38.3 Å². The van der Waals surface area contributed by atoms with Crippen LogP contribution in [-0.2, 0) is 9.59 Å². The summed E-state index contributed by atoms with van der Waals surface area (Å²) in [7, 11) is 0. The zero-order valence-corrected chi connectivity index (χ0v) is 11.0. The van der Waals surface area contributed by atoms with Gasteiger partial charge in [0.25, 0.3) is 5.91 Å². The fourth-order valence-corrected chi connectivity index (χ4v) is 2.28. The van der Waals surface area contributed by atoms with Gasteiger partial charge in [-0.1, -0.05) is 13.8 Å². The van der Waals surface area contributed by atoms with E-state index in [0.29, 0.717) is 29.6 Å². The molecule has 7 heteroatoms. The van der Waals surface area contributed by atoms with E-state index in [2.05, 4.69) is 20.8 Å². The van der Waals surface area contributed by atoms with Gasteiger partial charge in [-0.05, 0) is 5.92 Å². The van der Waals surface area contributed by atoms with Crippen molar-refractivity contribution in [2.45, 2.75) is 32.6 Å². The molecule has 18 heavy (non-hydrogen) atoms. The molecule has 0 saturated carbocycles. The van der Waals surface area contributed by atoms with Crippen LogP contribution in [0.4, 0.5) is 5.13 Å². The first kappa shape index (κ1) is 12.7. The maximum atomic E-state index is 11.8. The van der Waals surface area contributed by atoms with Gasteiger partial charge in [0.05, 0.1) is 5.69 Å². The Kier molecular flexibility index (Phi) is 3.71. The molecule has 2 rings (SSSR count). The molecule has 2 N–H and O–H groups in total. The fourth-order valence-electron chi connectivity index (χ4n) is 1.42. The van der Waals surface area contributed by atoms with E-state index in [-0.39, 0.29) is 11.8 Å². The molecular weight excluding hydrogens is 252 g/mol. The lowest BCUT2D eigenvalue weighted by Crippen LogP contribution is -2.32. The maximum absolute atomic E-state index is 11.8. The minimum Gasteiger partial charge on any atom is -0.297 e. The average Bonchev–Trinajstić information content (AvgIpc) is 2.78. The van der Waals surface area contributed by atoms with Crippen molar-refractivity contribution in [3.63, 3.8) is 0 Å². The first-order valence-corrected chi connectivity index (χ1v) is 6.56. The zero-order valence-electron chi connectivity index (χ0n) is 10.2. The first-order valence-electron chi connectivity index (χ1n) is 5.68. The zero-order chi connectivity index (χ0) is 13.1. The summed E-state index contributed by atoms with van der Waals surface area (Å²) in [5.41, 5.74) is 3.58. The summed E-state index contributed by atoms with van der Waals surface area (Å²) in [5, 5.41) is 8.90. The fraction of sp³-hybridized carbons (Fsp3) is 0.455. The number of hydrogen-bond donors (Lipinski definition) is 2. The van der Waals surface area contributed by atoms with Crippen LogP contribution in [0.25, 0.3) is 0 Å². The largest absolute Gasteiger partial charge is 0.297 e. The quantitative estimate of drug-likeness (QED) is 0.869. The number of hydrogen-bond acceptors (Lipinski definition) is 5. The highest BCUT2D eigenvalue weighted by molar-refractivity contribution is 7.14. The summed E-state index contributed by atoms with van der Waals surface area (Å²) in [6.07, 6.45) is 0.654. The van der Waals surface area contributed by atoms with Crippen LogP contribution in [0.3, 0.4) is 0 Å². The van der Waals surface area contributed by atoms with Gasteiger partial charge in [0.2, 0.25) is 5.91 Å². The molecule has 0 bridgehead atoms. The molecule has 1 aromatic rings. The molecule has 0 unspecified atom stereocenters. The van der Waals surface area contributed by atoms with E-state index in [4.69, 9.17) is 0 Å². The number of nitrogens with one attached hydrogen (secondary N) is 2. The Labute approximate surface area is 108 Å². The number of nitrogens with zero attached hydrogens (tertiary/aromatic N) is 2. The van der Waals surface area contributed by atoms with E-state index in [1.807, 2.05) is 19.2 Å². The van der Waals surface area contributed by atoms with Crippen LogP contribution < -0.4 is 10.7 Å². The summed E-state index contributed by atoms with van der Waals surface area (Å²) >= 11 is 1.39. The molecule has 0 aliphatic carbocycles. The molecule has 0 aromatic carbocycles. The Morgan fingerprint density at radius 1 is 1.50 bits per heavy atom. The van der Waals surface area contributed by atoms with Gasteiger partial charge in [-0.25, -0.2) is 10.4 Å². The summed E-state index contributed by atoms with van der Waals surface area (Å²) in [5.74, 6) is -0.138. The van der Waals surface area contributed by atoms with E-state index in [1.165, 1.54) is 11.3 Å². The minimum atomic E-state index is -0.306. The lowest BCUT2D eigenvalue weighted by Gasteiger charge is -2.10. The Balaban J connectivity index is 2.00. The van der Waals surface area contributed by atoms with Crippen molar-refractivity contribution in [3.8, 4) is 0 Å². The number of aromatic nitrogens is 1. The maximum Gasteiger partial charge on any atom is 0.273 e. The number of carbonyl (C=O) groups is 2. The van der Waals surface area contributed by atoms with E-state index in [1.54, 1.807) is 0 Å². The average molecular weight is 266 g/mol. The molecule has 1 aliphatic heterocycles. The highest BCUT2D eigenvalue weighted by atomic mass is 32.1. The van der Waals surface area contributed by atoms with Gasteiger partial charge < -0.3 is 0 Å². The second kappa shape index (κ2) is 5.26. The standard InChI is InChI=1S/C11H14N4O2S/c1-6(2)8-5-18-11(12-8)13-10(17)7-3-4-9(16)15-14-7/h5-6H,3-4H2,1-2H3,(H,15,16)(H,12,13,17). The van der Waals surface area contributed by atoms with E-state index < -0.39 is 0 Å². The topological polar surface area (TPSA) is 83.5 Å². The van der Waals surface area contributed by atoms with Gasteiger partial charge in [0.15, 0.2) is 5.13 Å². The number of carbonyl (C=O) groups excluding carboxylic acids is 2. The molecule has 0 radical (unpaired) electrons. The number of amides is 2. The van der Waals surface area contributed by atoms with Crippen LogP contribution in [0, 0.1) is 0 Å². The number of thiazole rings is 1. The smallest absolute Gasteiger partial charge is 0.273 e. The van der Waals surface area contributed by atoms with E-state index in [9.17, 15) is 9.59 Å². The second-order valence-electron chi connectivity index (χ2n) is 4.28. The van der Waals surface area contributed by atoms with Crippen molar-refractivity contribution in [2.24, 2.45) is 5.10 Å². The van der Waals surface area contributed by atoms with Crippen LogP contribution in [-0.4, -0.2) is 22.5 Å². The molecule has 0 spiro atoms. The minimum absolute atomic E-state index is 0.164. The molecule has 0 fully saturated rings. The van der Waals surface area contributed by atoms with Gasteiger partial charge in [-0.15, -0.1) is 11.3 Å². The predicted octanol–water partition coefficient (Wildman–Crippen LogP) is 1.47. The van der Waals surface area contributed by atoms with Crippen molar-refractivity contribution >= 4 is 34.0 Å². The third-order valence-electron chi connectivity index (χ3n) is 2.50. The molecule has 0 atom stereocenters. The van der Waals surface area contributed by atoms with E-state index >= 15 is 0 Å². The molecule has 6 nitrogen and oxygen atoms in total. The lowest BCUT2D eigenvalue weighted by atomic mass is 10.1. The highest BCUT2D eigenvalue weighted by Gasteiger charge is 2.19. The summed E-state index contributed by atoms with van der Waals surface area (Å²) in [6.45, 7) is 4.09. The summed E-state index contributed by atoms with van der Waals surface area (Å²) < 4.78 is 0. The van der Waals surface area contributed by atoms with Gasteiger partial charge >= 0.3 is 0 Å². The summed E-state index contributed by atoms with van der Waals surface area (Å²) in [6, 6.07) is 0. The van der Waals surface area contributed by atoms with E-state index in [0.717, 1.165) is 5.69 Å². The van der Waals surface area contributed by atoms with Crippen molar-refractivity contribution < 1.29 is 9.59 Å². The molecule has 1 aliphatic rings. The Hall–Kier alpha value is -1.76. The summed E-state index contributed by atoms with van der Waals surface area (Å²) in [4.78, 5) is 27.0. The van der Waals surface area contributed by atoms with Crippen LogP contribution in [0.15, 0.2) is 10.5 Å². The first-order chi connectivity index (χ1) is 8.56. The van der Waals surface area contributed by atoms with Gasteiger partial charge in [-0.3, -0.25) is 14.9 Å².